The van der Waals surface area contributed by atoms with E-state index in [1.165, 1.54) is 0 Å². The lowest BCUT2D eigenvalue weighted by Crippen LogP contribution is -2.17. The van der Waals surface area contributed by atoms with Crippen LogP contribution in [0.2, 0.25) is 0 Å². The fourth-order valence-corrected chi connectivity index (χ4v) is 3.63. The molecule has 7 heteroatoms. The van der Waals surface area contributed by atoms with Crippen molar-refractivity contribution >= 4 is 29.4 Å². The molecule has 136 valence electrons. The third-order valence-electron chi connectivity index (χ3n) is 4.09. The Kier molecular flexibility index (Phi) is 5.54. The van der Waals surface area contributed by atoms with Crippen LogP contribution in [0.5, 0.6) is 17.2 Å². The maximum absolute atomic E-state index is 5.63. The number of ether oxygens (including phenoxy) is 3. The van der Waals surface area contributed by atoms with E-state index in [2.05, 4.69) is 16.8 Å². The van der Waals surface area contributed by atoms with Gasteiger partial charge in [-0.2, -0.15) is 0 Å². The summed E-state index contributed by atoms with van der Waals surface area (Å²) >= 11 is 1.61. The van der Waals surface area contributed by atoms with E-state index in [0.29, 0.717) is 18.1 Å². The van der Waals surface area contributed by atoms with Crippen LogP contribution >= 0.6 is 23.7 Å². The largest absolute Gasteiger partial charge is 0.493 e. The SMILES string of the molecule is COc1ccc(-c2nc(-c3ccc4c(c3)NCCO4)cs2)cc1OC.Cl. The first-order valence-corrected chi connectivity index (χ1v) is 8.85. The van der Waals surface area contributed by atoms with Gasteiger partial charge in [0.05, 0.1) is 25.6 Å². The van der Waals surface area contributed by atoms with Gasteiger partial charge in [0.1, 0.15) is 17.4 Å². The van der Waals surface area contributed by atoms with Gasteiger partial charge < -0.3 is 19.5 Å². The summed E-state index contributed by atoms with van der Waals surface area (Å²) in [6.07, 6.45) is 0. The number of hydrogen-bond donors (Lipinski definition) is 1. The van der Waals surface area contributed by atoms with E-state index in [9.17, 15) is 0 Å². The summed E-state index contributed by atoms with van der Waals surface area (Å²) in [5.41, 5.74) is 4.04. The second-order valence-corrected chi connectivity index (χ2v) is 6.45. The smallest absolute Gasteiger partial charge is 0.161 e. The summed E-state index contributed by atoms with van der Waals surface area (Å²) in [6.45, 7) is 1.52. The number of hydrogen-bond acceptors (Lipinski definition) is 6. The van der Waals surface area contributed by atoms with E-state index in [1.54, 1.807) is 25.6 Å². The number of nitrogens with one attached hydrogen (secondary N) is 1. The predicted octanol–water partition coefficient (Wildman–Crippen LogP) is 4.72. The first-order valence-electron chi connectivity index (χ1n) is 7.97. The molecule has 0 bridgehead atoms. The Morgan fingerprint density at radius 1 is 1.04 bits per heavy atom. The molecule has 1 aliphatic heterocycles. The summed E-state index contributed by atoms with van der Waals surface area (Å²) in [6, 6.07) is 12.0. The van der Waals surface area contributed by atoms with E-state index < -0.39 is 0 Å². The van der Waals surface area contributed by atoms with Crippen LogP contribution < -0.4 is 19.5 Å². The van der Waals surface area contributed by atoms with Gasteiger partial charge in [0.15, 0.2) is 11.5 Å². The second-order valence-electron chi connectivity index (χ2n) is 5.59. The Morgan fingerprint density at radius 3 is 2.65 bits per heavy atom. The van der Waals surface area contributed by atoms with Gasteiger partial charge in [-0.05, 0) is 36.4 Å². The van der Waals surface area contributed by atoms with E-state index >= 15 is 0 Å². The maximum atomic E-state index is 5.63. The Bertz CT molecular complexity index is 860. The standard InChI is InChI=1S/C19H18N2O3S.ClH/c1-22-17-6-4-13(10-18(17)23-2)19-21-15(11-25-19)12-3-5-16-14(9-12)20-7-8-24-16;/h3-6,9-11,20H,7-8H2,1-2H3;1H. The highest BCUT2D eigenvalue weighted by atomic mass is 35.5. The maximum Gasteiger partial charge on any atom is 0.161 e. The molecule has 1 aliphatic rings. The second kappa shape index (κ2) is 7.85. The number of aromatic nitrogens is 1. The summed E-state index contributed by atoms with van der Waals surface area (Å²) in [4.78, 5) is 4.78. The molecule has 1 N–H and O–H groups in total. The van der Waals surface area contributed by atoms with Crippen LogP contribution in [0.15, 0.2) is 41.8 Å². The fraction of sp³-hybridized carbons (Fsp3) is 0.211. The van der Waals surface area contributed by atoms with Gasteiger partial charge in [-0.25, -0.2) is 4.98 Å². The van der Waals surface area contributed by atoms with Crippen molar-refractivity contribution in [2.45, 2.75) is 0 Å². The van der Waals surface area contributed by atoms with Crippen LogP contribution in [-0.2, 0) is 0 Å². The molecule has 0 radical (unpaired) electrons. The lowest BCUT2D eigenvalue weighted by molar-refractivity contribution is 0.323. The van der Waals surface area contributed by atoms with E-state index in [0.717, 1.165) is 39.8 Å². The molecule has 4 rings (SSSR count). The van der Waals surface area contributed by atoms with Gasteiger partial charge in [-0.1, -0.05) is 0 Å². The first kappa shape index (κ1) is 18.4. The molecule has 0 atom stereocenters. The third-order valence-corrected chi connectivity index (χ3v) is 4.98. The van der Waals surface area contributed by atoms with Crippen molar-refractivity contribution in [3.8, 4) is 39.1 Å². The van der Waals surface area contributed by atoms with Gasteiger partial charge in [-0.15, -0.1) is 23.7 Å². The number of fused-ring (bicyclic) bond motifs is 1. The Hall–Kier alpha value is -2.44. The topological polar surface area (TPSA) is 52.6 Å². The van der Waals surface area contributed by atoms with Gasteiger partial charge in [0, 0.05) is 23.1 Å². The number of rotatable bonds is 4. The molecule has 0 aliphatic carbocycles. The summed E-state index contributed by atoms with van der Waals surface area (Å²) in [7, 11) is 3.27. The highest BCUT2D eigenvalue weighted by Crippen LogP contribution is 2.37. The Balaban J connectivity index is 0.00000196. The number of benzene rings is 2. The lowest BCUT2D eigenvalue weighted by atomic mass is 10.1. The average Bonchev–Trinajstić information content (AvgIpc) is 3.17. The molecule has 2 heterocycles. The van der Waals surface area contributed by atoms with Crippen molar-refractivity contribution in [2.75, 3.05) is 32.7 Å². The summed E-state index contributed by atoms with van der Waals surface area (Å²) in [5.74, 6) is 2.31. The number of thiazole rings is 1. The van der Waals surface area contributed by atoms with E-state index in [4.69, 9.17) is 19.2 Å². The van der Waals surface area contributed by atoms with Crippen molar-refractivity contribution in [3.63, 3.8) is 0 Å². The quantitative estimate of drug-likeness (QED) is 0.698. The molecule has 0 unspecified atom stereocenters. The van der Waals surface area contributed by atoms with Crippen molar-refractivity contribution in [3.05, 3.63) is 41.8 Å². The van der Waals surface area contributed by atoms with Gasteiger partial charge >= 0.3 is 0 Å². The molecular formula is C19H19ClN2O3S. The van der Waals surface area contributed by atoms with Crippen LogP contribution in [0.3, 0.4) is 0 Å². The zero-order chi connectivity index (χ0) is 17.2. The molecule has 2 aromatic carbocycles. The minimum Gasteiger partial charge on any atom is -0.493 e. The fourth-order valence-electron chi connectivity index (χ4n) is 2.81. The first-order chi connectivity index (χ1) is 12.3. The van der Waals surface area contributed by atoms with Crippen LogP contribution in [-0.4, -0.2) is 32.4 Å². The van der Waals surface area contributed by atoms with Crippen LogP contribution in [0.4, 0.5) is 5.69 Å². The predicted molar refractivity (Wildman–Crippen MR) is 107 cm³/mol. The molecule has 1 aromatic heterocycles. The molecule has 0 fully saturated rings. The third kappa shape index (κ3) is 3.43. The van der Waals surface area contributed by atoms with Gasteiger partial charge in [0.25, 0.3) is 0 Å². The normalized spacial score (nSPS) is 12.2. The monoisotopic (exact) mass is 390 g/mol. The molecular weight excluding hydrogens is 372 g/mol. The van der Waals surface area contributed by atoms with Gasteiger partial charge in [-0.3, -0.25) is 0 Å². The minimum absolute atomic E-state index is 0. The van der Waals surface area contributed by atoms with Crippen LogP contribution in [0, 0.1) is 0 Å². The van der Waals surface area contributed by atoms with Crippen molar-refractivity contribution in [1.29, 1.82) is 0 Å². The summed E-state index contributed by atoms with van der Waals surface area (Å²) in [5, 5.41) is 6.37. The Labute approximate surface area is 162 Å². The number of methoxy groups -OCH3 is 2. The zero-order valence-corrected chi connectivity index (χ0v) is 16.1. The van der Waals surface area contributed by atoms with Crippen molar-refractivity contribution in [1.82, 2.24) is 4.98 Å². The van der Waals surface area contributed by atoms with Crippen LogP contribution in [0.1, 0.15) is 0 Å². The van der Waals surface area contributed by atoms with Crippen molar-refractivity contribution in [2.24, 2.45) is 0 Å². The van der Waals surface area contributed by atoms with Gasteiger partial charge in [0.2, 0.25) is 0 Å². The highest BCUT2D eigenvalue weighted by Gasteiger charge is 2.14. The molecule has 3 aromatic rings. The lowest BCUT2D eigenvalue weighted by Gasteiger charge is -2.19. The van der Waals surface area contributed by atoms with E-state index in [1.807, 2.05) is 30.3 Å². The molecule has 0 amide bonds. The molecule has 26 heavy (non-hydrogen) atoms. The highest BCUT2D eigenvalue weighted by molar-refractivity contribution is 7.13. The molecule has 0 saturated carbocycles. The molecule has 0 saturated heterocycles. The van der Waals surface area contributed by atoms with Crippen LogP contribution in [0.25, 0.3) is 21.8 Å². The zero-order valence-electron chi connectivity index (χ0n) is 14.4. The van der Waals surface area contributed by atoms with E-state index in [-0.39, 0.29) is 12.4 Å². The van der Waals surface area contributed by atoms with Crippen molar-refractivity contribution < 1.29 is 14.2 Å². The molecule has 5 nitrogen and oxygen atoms in total. The number of anilines is 1. The summed E-state index contributed by atoms with van der Waals surface area (Å²) < 4.78 is 16.3. The average molecular weight is 391 g/mol. The Morgan fingerprint density at radius 2 is 1.85 bits per heavy atom. The molecule has 0 spiro atoms. The number of nitrogens with zero attached hydrogens (tertiary/aromatic N) is 1. The minimum atomic E-state index is 0. The number of halogens is 1.